The van der Waals surface area contributed by atoms with Crippen molar-refractivity contribution in [3.8, 4) is 0 Å². The summed E-state index contributed by atoms with van der Waals surface area (Å²) >= 11 is 3.37. The second-order valence-corrected chi connectivity index (χ2v) is 5.10. The van der Waals surface area contributed by atoms with Gasteiger partial charge >= 0.3 is 5.97 Å². The number of halogens is 1. The van der Waals surface area contributed by atoms with Crippen molar-refractivity contribution >= 4 is 28.0 Å². The van der Waals surface area contributed by atoms with Gasteiger partial charge < -0.3 is 4.74 Å². The summed E-state index contributed by atoms with van der Waals surface area (Å²) < 4.78 is 6.22. The van der Waals surface area contributed by atoms with E-state index in [0.717, 1.165) is 29.3 Å². The van der Waals surface area contributed by atoms with Gasteiger partial charge in [-0.05, 0) is 59.0 Å². The average Bonchev–Trinajstić information content (AvgIpc) is 2.40. The zero-order valence-corrected chi connectivity index (χ0v) is 11.7. The number of carbonyl (C=O) groups excluding carboxylic acids is 1. The van der Waals surface area contributed by atoms with E-state index < -0.39 is 0 Å². The summed E-state index contributed by atoms with van der Waals surface area (Å²) in [6.45, 7) is 3.70. The molecule has 18 heavy (non-hydrogen) atoms. The molecule has 0 fully saturated rings. The Morgan fingerprint density at radius 3 is 3.00 bits per heavy atom. The molecule has 2 nitrogen and oxygen atoms in total. The molecule has 0 N–H and O–H groups in total. The predicted octanol–water partition coefficient (Wildman–Crippen LogP) is 4.36. The van der Waals surface area contributed by atoms with E-state index >= 15 is 0 Å². The molecule has 0 saturated carbocycles. The van der Waals surface area contributed by atoms with Gasteiger partial charge in [0.1, 0.15) is 6.10 Å². The van der Waals surface area contributed by atoms with Crippen molar-refractivity contribution in [2.24, 2.45) is 0 Å². The third-order valence-electron chi connectivity index (χ3n) is 2.91. The van der Waals surface area contributed by atoms with E-state index in [-0.39, 0.29) is 12.1 Å². The molecule has 0 saturated heterocycles. The van der Waals surface area contributed by atoms with Crippen molar-refractivity contribution in [2.45, 2.75) is 25.4 Å². The van der Waals surface area contributed by atoms with Gasteiger partial charge in [0.05, 0.1) is 5.56 Å². The molecule has 0 radical (unpaired) electrons. The van der Waals surface area contributed by atoms with Crippen LogP contribution in [0.3, 0.4) is 0 Å². The number of rotatable bonds is 3. The second kappa shape index (κ2) is 6.01. The lowest BCUT2D eigenvalue weighted by atomic mass is 10.1. The third kappa shape index (κ3) is 3.10. The quantitative estimate of drug-likeness (QED) is 0.613. The monoisotopic (exact) mass is 306 g/mol. The average molecular weight is 307 g/mol. The number of hydrogen-bond donors (Lipinski definition) is 0. The van der Waals surface area contributed by atoms with Gasteiger partial charge in [-0.2, -0.15) is 0 Å². The molecule has 0 spiro atoms. The highest BCUT2D eigenvalue weighted by Gasteiger charge is 2.17. The zero-order chi connectivity index (χ0) is 13.0. The molecular weight excluding hydrogens is 292 g/mol. The van der Waals surface area contributed by atoms with Crippen LogP contribution in [-0.2, 0) is 4.74 Å². The van der Waals surface area contributed by atoms with E-state index in [9.17, 15) is 4.79 Å². The van der Waals surface area contributed by atoms with Gasteiger partial charge in [0.2, 0.25) is 0 Å². The SMILES string of the molecule is C=Cc1ccc(Br)c(C(=O)OC2C=CCCC2)c1. The van der Waals surface area contributed by atoms with E-state index in [1.54, 1.807) is 12.1 Å². The number of carbonyl (C=O) groups is 1. The van der Waals surface area contributed by atoms with Crippen LogP contribution in [-0.4, -0.2) is 12.1 Å². The molecule has 1 aromatic carbocycles. The smallest absolute Gasteiger partial charge is 0.339 e. The fourth-order valence-electron chi connectivity index (χ4n) is 1.91. The lowest BCUT2D eigenvalue weighted by Gasteiger charge is -2.17. The molecule has 94 valence electrons. The lowest BCUT2D eigenvalue weighted by molar-refractivity contribution is 0.0369. The van der Waals surface area contributed by atoms with E-state index in [4.69, 9.17) is 4.74 Å². The molecule has 0 heterocycles. The summed E-state index contributed by atoms with van der Waals surface area (Å²) in [6, 6.07) is 5.52. The normalized spacial score (nSPS) is 18.4. The van der Waals surface area contributed by atoms with Crippen LogP contribution < -0.4 is 0 Å². The van der Waals surface area contributed by atoms with E-state index in [1.807, 2.05) is 18.2 Å². The Hall–Kier alpha value is -1.35. The Morgan fingerprint density at radius 2 is 2.33 bits per heavy atom. The molecule has 0 bridgehead atoms. The molecule has 1 unspecified atom stereocenters. The van der Waals surface area contributed by atoms with Crippen LogP contribution in [0.1, 0.15) is 35.2 Å². The highest BCUT2D eigenvalue weighted by atomic mass is 79.9. The van der Waals surface area contributed by atoms with Crippen molar-refractivity contribution < 1.29 is 9.53 Å². The highest BCUT2D eigenvalue weighted by Crippen LogP contribution is 2.22. The van der Waals surface area contributed by atoms with Crippen LogP contribution in [0.25, 0.3) is 6.08 Å². The fraction of sp³-hybridized carbons (Fsp3) is 0.267. The van der Waals surface area contributed by atoms with Crippen molar-refractivity contribution in [1.29, 1.82) is 0 Å². The van der Waals surface area contributed by atoms with Crippen LogP contribution in [0.2, 0.25) is 0 Å². The number of benzene rings is 1. The topological polar surface area (TPSA) is 26.3 Å². The van der Waals surface area contributed by atoms with E-state index in [0.29, 0.717) is 5.56 Å². The Labute approximate surface area is 115 Å². The standard InChI is InChI=1S/C15H15BrO2/c1-2-11-8-9-14(16)13(10-11)15(17)18-12-6-4-3-5-7-12/h2,4,6,8-10,12H,1,3,5,7H2. The maximum atomic E-state index is 12.1. The van der Waals surface area contributed by atoms with Crippen LogP contribution in [0.15, 0.2) is 41.4 Å². The van der Waals surface area contributed by atoms with Gasteiger partial charge in [0.15, 0.2) is 0 Å². The molecular formula is C15H15BrO2. The number of esters is 1. The van der Waals surface area contributed by atoms with Crippen LogP contribution >= 0.6 is 15.9 Å². The van der Waals surface area contributed by atoms with Crippen LogP contribution in [0, 0.1) is 0 Å². The maximum absolute atomic E-state index is 12.1. The van der Waals surface area contributed by atoms with Gasteiger partial charge in [0.25, 0.3) is 0 Å². The first-order chi connectivity index (χ1) is 8.70. The second-order valence-electron chi connectivity index (χ2n) is 4.25. The first kappa shape index (κ1) is 13.1. The summed E-state index contributed by atoms with van der Waals surface area (Å²) in [4.78, 5) is 12.1. The summed E-state index contributed by atoms with van der Waals surface area (Å²) in [7, 11) is 0. The zero-order valence-electron chi connectivity index (χ0n) is 10.1. The maximum Gasteiger partial charge on any atom is 0.339 e. The van der Waals surface area contributed by atoms with Gasteiger partial charge in [-0.25, -0.2) is 4.79 Å². The molecule has 2 rings (SSSR count). The van der Waals surface area contributed by atoms with Gasteiger partial charge in [-0.1, -0.05) is 24.8 Å². The minimum atomic E-state index is -0.290. The molecule has 0 amide bonds. The molecule has 1 aromatic rings. The molecule has 3 heteroatoms. The Kier molecular flexibility index (Phi) is 4.37. The summed E-state index contributed by atoms with van der Waals surface area (Å²) in [6.07, 6.45) is 8.70. The molecule has 1 aliphatic rings. The number of ether oxygens (including phenoxy) is 1. The molecule has 0 aromatic heterocycles. The first-order valence-electron chi connectivity index (χ1n) is 6.00. The van der Waals surface area contributed by atoms with Crippen LogP contribution in [0.5, 0.6) is 0 Å². The lowest BCUT2D eigenvalue weighted by Crippen LogP contribution is -2.18. The molecule has 0 aliphatic heterocycles. The number of allylic oxidation sites excluding steroid dienone is 1. The van der Waals surface area contributed by atoms with Crippen molar-refractivity contribution in [3.63, 3.8) is 0 Å². The minimum absolute atomic E-state index is 0.0921. The Bertz CT molecular complexity index is 491. The fourth-order valence-corrected chi connectivity index (χ4v) is 2.32. The van der Waals surface area contributed by atoms with Crippen molar-refractivity contribution in [3.05, 3.63) is 52.5 Å². The highest BCUT2D eigenvalue weighted by molar-refractivity contribution is 9.10. The largest absolute Gasteiger partial charge is 0.455 e. The predicted molar refractivity (Wildman–Crippen MR) is 76.4 cm³/mol. The Balaban J connectivity index is 2.14. The molecule has 1 aliphatic carbocycles. The van der Waals surface area contributed by atoms with Gasteiger partial charge in [0, 0.05) is 4.47 Å². The first-order valence-corrected chi connectivity index (χ1v) is 6.79. The summed E-state index contributed by atoms with van der Waals surface area (Å²) in [5.74, 6) is -0.290. The summed E-state index contributed by atoms with van der Waals surface area (Å²) in [5, 5.41) is 0. The van der Waals surface area contributed by atoms with Gasteiger partial charge in [-0.15, -0.1) is 0 Å². The summed E-state index contributed by atoms with van der Waals surface area (Å²) in [5.41, 5.74) is 1.45. The minimum Gasteiger partial charge on any atom is -0.455 e. The van der Waals surface area contributed by atoms with Crippen molar-refractivity contribution in [2.75, 3.05) is 0 Å². The third-order valence-corrected chi connectivity index (χ3v) is 3.61. The van der Waals surface area contributed by atoms with Crippen molar-refractivity contribution in [1.82, 2.24) is 0 Å². The van der Waals surface area contributed by atoms with E-state index in [2.05, 4.69) is 28.6 Å². The molecule has 1 atom stereocenters. The van der Waals surface area contributed by atoms with Gasteiger partial charge in [-0.3, -0.25) is 0 Å². The number of hydrogen-bond acceptors (Lipinski definition) is 2. The Morgan fingerprint density at radius 1 is 1.50 bits per heavy atom. The van der Waals surface area contributed by atoms with Crippen LogP contribution in [0.4, 0.5) is 0 Å². The van der Waals surface area contributed by atoms with E-state index in [1.165, 1.54) is 0 Å².